The van der Waals surface area contributed by atoms with Crippen molar-refractivity contribution in [2.75, 3.05) is 9.80 Å². The van der Waals surface area contributed by atoms with Crippen LogP contribution in [0.4, 0.5) is 34.1 Å². The van der Waals surface area contributed by atoms with Crippen molar-refractivity contribution in [3.05, 3.63) is 124 Å². The molecule has 0 fully saturated rings. The minimum absolute atomic E-state index is 0.00148. The highest BCUT2D eigenvalue weighted by Gasteiger charge is 2.49. The van der Waals surface area contributed by atoms with Crippen molar-refractivity contribution >= 4 is 68.4 Å². The quantitative estimate of drug-likeness (QED) is 0.171. The molecule has 0 saturated heterocycles. The molecule has 0 N–H and O–H groups in total. The second-order valence-corrected chi connectivity index (χ2v) is 17.7. The SMILES string of the molecule is Cc1cc2c3c(c1)N(c1ccccc1)c1c(oc4ccc(C(C)(C)C)cc14)B3c1cc3c(cc1N2c1c(C)c#ccc1C)C(C)(C)CCC3(C)C. The van der Waals surface area contributed by atoms with Crippen LogP contribution >= 0.6 is 0 Å². The fraction of sp³-hybridized carbons (Fsp3) is 0.319. The van der Waals surface area contributed by atoms with Gasteiger partial charge in [0.15, 0.2) is 0 Å². The molecule has 0 unspecified atom stereocenters. The van der Waals surface area contributed by atoms with Crippen LogP contribution in [0, 0.1) is 32.9 Å². The largest absolute Gasteiger partial charge is 0.468 e. The number of anilines is 6. The van der Waals surface area contributed by atoms with Crippen LogP contribution in [-0.4, -0.2) is 6.71 Å². The molecule has 51 heavy (non-hydrogen) atoms. The average Bonchev–Trinajstić information content (AvgIpc) is 3.45. The summed E-state index contributed by atoms with van der Waals surface area (Å²) in [6.07, 6.45) is 2.33. The lowest BCUT2D eigenvalue weighted by Gasteiger charge is -2.47. The number of rotatable bonds is 2. The fourth-order valence-corrected chi connectivity index (χ4v) is 9.25. The minimum atomic E-state index is -0.0756. The molecule has 3 heterocycles. The van der Waals surface area contributed by atoms with E-state index in [0.717, 1.165) is 41.0 Å². The van der Waals surface area contributed by atoms with Gasteiger partial charge in [0.2, 0.25) is 0 Å². The minimum Gasteiger partial charge on any atom is -0.468 e. The first kappa shape index (κ1) is 32.1. The monoisotopic (exact) mass is 666 g/mol. The molecule has 0 amide bonds. The Morgan fingerprint density at radius 3 is 2.08 bits per heavy atom. The number of hydrogen-bond donors (Lipinski definition) is 0. The van der Waals surface area contributed by atoms with Gasteiger partial charge in [-0.05, 0) is 137 Å². The van der Waals surface area contributed by atoms with E-state index in [1.807, 2.05) is 0 Å². The van der Waals surface area contributed by atoms with Crippen molar-refractivity contribution in [3.63, 3.8) is 0 Å². The number of furan rings is 1. The summed E-state index contributed by atoms with van der Waals surface area (Å²) in [5.74, 6) is 0. The number of para-hydroxylation sites is 1. The van der Waals surface area contributed by atoms with E-state index in [2.05, 4.69) is 170 Å². The summed E-state index contributed by atoms with van der Waals surface area (Å²) < 4.78 is 7.20. The van der Waals surface area contributed by atoms with E-state index in [9.17, 15) is 0 Å². The van der Waals surface area contributed by atoms with Crippen molar-refractivity contribution in [1.82, 2.24) is 0 Å². The molecule has 0 atom stereocenters. The Hall–Kier alpha value is -4.88. The standard InChI is InChI=1S/C47H47BN2O/c1-28-23-38-41-39(24-28)50(42-29(2)15-14-16-30(42)3)37-27-35-34(46(7,8)21-22-47(35,9)10)26-36(37)48(41)44-43(49(38)32-17-12-11-13-18-32)33-25-31(45(4,5)6)19-20-40(33)51-44/h11-13,15,17-20,23-27H,21-22H2,1-10H3. The summed E-state index contributed by atoms with van der Waals surface area (Å²) in [7, 11) is 0. The van der Waals surface area contributed by atoms with Gasteiger partial charge in [-0.25, -0.2) is 0 Å². The highest BCUT2D eigenvalue weighted by atomic mass is 16.3. The van der Waals surface area contributed by atoms with Crippen LogP contribution in [0.25, 0.3) is 11.0 Å². The molecule has 0 bridgehead atoms. The van der Waals surface area contributed by atoms with Crippen LogP contribution in [0.15, 0.2) is 83.3 Å². The number of benzene rings is 4. The van der Waals surface area contributed by atoms with Gasteiger partial charge >= 0.3 is 0 Å². The van der Waals surface area contributed by atoms with Gasteiger partial charge < -0.3 is 14.2 Å². The summed E-state index contributed by atoms with van der Waals surface area (Å²) in [5.41, 5.74) is 19.6. The molecular weight excluding hydrogens is 619 g/mol. The molecule has 4 heteroatoms. The third-order valence-corrected chi connectivity index (χ3v) is 12.2. The van der Waals surface area contributed by atoms with Gasteiger partial charge in [0.05, 0.1) is 17.0 Å². The maximum absolute atomic E-state index is 7.20. The van der Waals surface area contributed by atoms with Crippen molar-refractivity contribution < 1.29 is 4.42 Å². The van der Waals surface area contributed by atoms with Crippen LogP contribution in [-0.2, 0) is 16.2 Å². The van der Waals surface area contributed by atoms with Crippen molar-refractivity contribution in [2.45, 2.75) is 98.3 Å². The smallest absolute Gasteiger partial charge is 0.297 e. The highest BCUT2D eigenvalue weighted by Crippen LogP contribution is 2.52. The number of nitrogens with zero attached hydrogens (tertiary/aromatic N) is 2. The van der Waals surface area contributed by atoms with E-state index in [4.69, 9.17) is 4.42 Å². The predicted molar refractivity (Wildman–Crippen MR) is 216 cm³/mol. The Morgan fingerprint density at radius 1 is 0.745 bits per heavy atom. The van der Waals surface area contributed by atoms with Crippen molar-refractivity contribution in [3.8, 4) is 0 Å². The molecule has 1 aromatic heterocycles. The Balaban J connectivity index is 1.46. The van der Waals surface area contributed by atoms with Gasteiger partial charge in [-0.3, -0.25) is 0 Å². The number of hydrogen-bond acceptors (Lipinski definition) is 3. The molecular formula is C47H47BN2O. The zero-order valence-corrected chi connectivity index (χ0v) is 31.8. The van der Waals surface area contributed by atoms with Gasteiger partial charge in [0, 0.05) is 33.7 Å². The lowest BCUT2D eigenvalue weighted by molar-refractivity contribution is 0.332. The normalized spacial score (nSPS) is 16.7. The first-order chi connectivity index (χ1) is 24.2. The lowest BCUT2D eigenvalue weighted by Crippen LogP contribution is -2.61. The van der Waals surface area contributed by atoms with E-state index >= 15 is 0 Å². The van der Waals surface area contributed by atoms with E-state index in [1.54, 1.807) is 0 Å². The number of fused-ring (bicyclic) bond motifs is 7. The summed E-state index contributed by atoms with van der Waals surface area (Å²) in [6, 6.07) is 36.4. The topological polar surface area (TPSA) is 19.6 Å². The van der Waals surface area contributed by atoms with E-state index in [1.165, 1.54) is 66.9 Å². The maximum atomic E-state index is 7.20. The summed E-state index contributed by atoms with van der Waals surface area (Å²) in [4.78, 5) is 5.04. The predicted octanol–water partition coefficient (Wildman–Crippen LogP) is 10.7. The van der Waals surface area contributed by atoms with Crippen LogP contribution in [0.1, 0.15) is 94.7 Å². The maximum Gasteiger partial charge on any atom is 0.297 e. The fourth-order valence-electron chi connectivity index (χ4n) is 9.25. The van der Waals surface area contributed by atoms with Gasteiger partial charge in [-0.2, -0.15) is 0 Å². The summed E-state index contributed by atoms with van der Waals surface area (Å²) in [6.45, 7) is 23.2. The van der Waals surface area contributed by atoms with Crippen LogP contribution < -0.4 is 26.4 Å². The Bertz CT molecular complexity index is 2390. The molecule has 1 aliphatic carbocycles. The molecule has 2 aliphatic heterocycles. The first-order valence-electron chi connectivity index (χ1n) is 18.6. The molecule has 254 valence electrons. The van der Waals surface area contributed by atoms with Crippen molar-refractivity contribution in [2.24, 2.45) is 0 Å². The lowest BCUT2D eigenvalue weighted by atomic mass is 9.35. The molecule has 6 aromatic rings. The molecule has 3 aliphatic rings. The molecule has 9 rings (SSSR count). The first-order valence-corrected chi connectivity index (χ1v) is 18.6. The second-order valence-electron chi connectivity index (χ2n) is 17.7. The summed E-state index contributed by atoms with van der Waals surface area (Å²) >= 11 is 0. The van der Waals surface area contributed by atoms with Crippen LogP contribution in [0.2, 0.25) is 0 Å². The Labute approximate surface area is 304 Å². The third kappa shape index (κ3) is 4.60. The van der Waals surface area contributed by atoms with Gasteiger partial charge in [-0.1, -0.05) is 90.9 Å². The van der Waals surface area contributed by atoms with Crippen molar-refractivity contribution in [1.29, 1.82) is 0 Å². The van der Waals surface area contributed by atoms with Gasteiger partial charge in [0.25, 0.3) is 6.71 Å². The molecule has 5 aromatic carbocycles. The average molecular weight is 667 g/mol. The Kier molecular flexibility index (Phi) is 6.65. The Morgan fingerprint density at radius 2 is 1.41 bits per heavy atom. The zero-order chi connectivity index (χ0) is 35.8. The third-order valence-electron chi connectivity index (χ3n) is 12.2. The van der Waals surface area contributed by atoms with Crippen LogP contribution in [0.3, 0.4) is 0 Å². The van der Waals surface area contributed by atoms with Crippen LogP contribution in [0.5, 0.6) is 0 Å². The molecule has 3 nitrogen and oxygen atoms in total. The van der Waals surface area contributed by atoms with E-state index in [-0.39, 0.29) is 23.0 Å². The molecule has 0 spiro atoms. The van der Waals surface area contributed by atoms with Gasteiger partial charge in [0.1, 0.15) is 5.58 Å². The molecule has 0 saturated carbocycles. The van der Waals surface area contributed by atoms with E-state index in [0.29, 0.717) is 0 Å². The number of aryl methyl sites for hydroxylation is 2. The molecule has 0 radical (unpaired) electrons. The zero-order valence-electron chi connectivity index (χ0n) is 31.8. The second kappa shape index (κ2) is 10.6. The van der Waals surface area contributed by atoms with E-state index < -0.39 is 0 Å². The van der Waals surface area contributed by atoms with Gasteiger partial charge in [-0.15, -0.1) is 0 Å². The summed E-state index contributed by atoms with van der Waals surface area (Å²) in [5, 5.41) is 1.17. The highest BCUT2D eigenvalue weighted by molar-refractivity contribution is 7.00.